The van der Waals surface area contributed by atoms with E-state index in [1.165, 1.54) is 31.9 Å². The fourth-order valence-corrected chi connectivity index (χ4v) is 0.972. The molecule has 0 amide bonds. The second-order valence-electron chi connectivity index (χ2n) is 3.08. The number of hydrogen-bond donors (Lipinski definition) is 0. The molecule has 0 saturated heterocycles. The zero-order valence-corrected chi connectivity index (χ0v) is 11.3. The molecule has 0 heterocycles. The molecule has 0 fully saturated rings. The molecule has 0 saturated carbocycles. The number of alkyl halides is 12. The maximum Gasteiger partial charge on any atom is 0.455 e. The summed E-state index contributed by atoms with van der Waals surface area (Å²) in [5.41, 5.74) is 0. The number of ether oxygens (including phenoxy) is 1. The van der Waals surface area contributed by atoms with Gasteiger partial charge in [-0.05, 0) is 31.9 Å². The highest BCUT2D eigenvalue weighted by molar-refractivity contribution is 9.12. The van der Waals surface area contributed by atoms with E-state index in [2.05, 4.69) is 4.74 Å². The van der Waals surface area contributed by atoms with Gasteiger partial charge >= 0.3 is 27.6 Å². The molecule has 0 N–H and O–H groups in total. The van der Waals surface area contributed by atoms with Gasteiger partial charge in [-0.25, -0.2) is 4.39 Å². The van der Waals surface area contributed by atoms with Crippen molar-refractivity contribution in [3.8, 4) is 0 Å². The Kier molecular flexibility index (Phi) is 5.26. The van der Waals surface area contributed by atoms with Gasteiger partial charge in [0.2, 0.25) is 0 Å². The smallest absolute Gasteiger partial charge is 0.327 e. The van der Waals surface area contributed by atoms with Crippen LogP contribution in [-0.2, 0) is 4.74 Å². The quantitative estimate of drug-likeness (QED) is 0.450. The van der Waals surface area contributed by atoms with Crippen LogP contribution in [0.4, 0.5) is 43.9 Å². The lowest BCUT2D eigenvalue weighted by Gasteiger charge is -2.32. The molecule has 0 aliphatic rings. The summed E-state index contributed by atoms with van der Waals surface area (Å²) in [5, 5.41) is 0. The topological polar surface area (TPSA) is 9.23 Å². The lowest BCUT2D eigenvalue weighted by molar-refractivity contribution is -0.321. The summed E-state index contributed by atoms with van der Waals surface area (Å²) in [7, 11) is 0. The lowest BCUT2D eigenvalue weighted by atomic mass is 10.3. The summed E-state index contributed by atoms with van der Waals surface area (Å²) in [4.78, 5) is 0. The van der Waals surface area contributed by atoms with Crippen LogP contribution < -0.4 is 0 Å². The molecule has 0 radical (unpaired) electrons. The van der Waals surface area contributed by atoms with E-state index >= 15 is 0 Å². The number of halogens is 12. The average molecular weight is 440 g/mol. The summed E-state index contributed by atoms with van der Waals surface area (Å²) in [5.74, 6) is -5.66. The van der Waals surface area contributed by atoms with Crippen molar-refractivity contribution in [1.29, 1.82) is 0 Å². The highest BCUT2D eigenvalue weighted by Gasteiger charge is 2.70. The lowest BCUT2D eigenvalue weighted by Crippen LogP contribution is -2.53. The van der Waals surface area contributed by atoms with Crippen LogP contribution in [-0.4, -0.2) is 34.2 Å². The zero-order valence-electron chi connectivity index (χ0n) is 8.15. The minimum atomic E-state index is -6.19. The molecular weight excluding hydrogens is 438 g/mol. The van der Waals surface area contributed by atoms with Crippen molar-refractivity contribution in [3.63, 3.8) is 0 Å². The van der Waals surface area contributed by atoms with Gasteiger partial charge in [-0.1, -0.05) is 0 Å². The van der Waals surface area contributed by atoms with Crippen LogP contribution in [0.5, 0.6) is 0 Å². The molecule has 19 heavy (non-hydrogen) atoms. The third-order valence-electron chi connectivity index (χ3n) is 1.57. The van der Waals surface area contributed by atoms with E-state index in [9.17, 15) is 43.9 Å². The van der Waals surface area contributed by atoms with Crippen LogP contribution >= 0.6 is 31.9 Å². The van der Waals surface area contributed by atoms with Crippen molar-refractivity contribution >= 4 is 31.9 Å². The van der Waals surface area contributed by atoms with E-state index in [-0.39, 0.29) is 0 Å². The second kappa shape index (κ2) is 5.20. The Hall–Kier alpha value is 0.220. The zero-order chi connectivity index (χ0) is 15.9. The van der Waals surface area contributed by atoms with Crippen molar-refractivity contribution in [1.82, 2.24) is 0 Å². The van der Waals surface area contributed by atoms with Gasteiger partial charge in [0.15, 0.2) is 0 Å². The Balaban J connectivity index is 5.01. The third kappa shape index (κ3) is 4.09. The van der Waals surface area contributed by atoms with E-state index in [0.717, 1.165) is 0 Å². The van der Waals surface area contributed by atoms with E-state index in [1.807, 2.05) is 0 Å². The maximum absolute atomic E-state index is 13.1. The molecule has 116 valence electrons. The summed E-state index contributed by atoms with van der Waals surface area (Å²) in [6.45, 7) is -2.86. The SMILES string of the molecule is FC(F)(F)C(F)(F)COC(F)(Br)C(F)(Br)C(F)(F)F. The molecule has 13 heteroatoms. The van der Waals surface area contributed by atoms with Crippen LogP contribution in [0.3, 0.4) is 0 Å². The van der Waals surface area contributed by atoms with E-state index in [0.29, 0.717) is 0 Å². The van der Waals surface area contributed by atoms with Crippen molar-refractivity contribution in [2.75, 3.05) is 6.61 Å². The van der Waals surface area contributed by atoms with Crippen molar-refractivity contribution in [2.24, 2.45) is 0 Å². The Labute approximate surface area is 115 Å². The minimum absolute atomic E-state index is 1.18. The molecule has 0 aliphatic heterocycles. The second-order valence-corrected chi connectivity index (χ2v) is 5.19. The molecule has 2 unspecified atom stereocenters. The number of hydrogen-bond acceptors (Lipinski definition) is 1. The van der Waals surface area contributed by atoms with Gasteiger partial charge in [-0.15, -0.1) is 0 Å². The highest BCUT2D eigenvalue weighted by atomic mass is 79.9. The van der Waals surface area contributed by atoms with E-state index in [4.69, 9.17) is 0 Å². The molecule has 0 aromatic heterocycles. The van der Waals surface area contributed by atoms with Gasteiger partial charge in [0.1, 0.15) is 6.61 Å². The molecular formula is C6H2Br2F10O. The van der Waals surface area contributed by atoms with Crippen molar-refractivity contribution < 1.29 is 48.6 Å². The first-order chi connectivity index (χ1) is 7.96. The summed E-state index contributed by atoms with van der Waals surface area (Å²) in [6, 6.07) is 0. The van der Waals surface area contributed by atoms with Gasteiger partial charge in [0.25, 0.3) is 0 Å². The molecule has 0 rings (SSSR count). The minimum Gasteiger partial charge on any atom is -0.327 e. The van der Waals surface area contributed by atoms with Crippen LogP contribution in [0.15, 0.2) is 0 Å². The fraction of sp³-hybridized carbons (Fsp3) is 1.00. The number of rotatable bonds is 4. The predicted molar refractivity (Wildman–Crippen MR) is 48.5 cm³/mol. The van der Waals surface area contributed by atoms with Crippen LogP contribution in [0, 0.1) is 0 Å². The van der Waals surface area contributed by atoms with Crippen LogP contribution in [0.2, 0.25) is 0 Å². The standard InChI is InChI=1S/C6H2Br2F10O/c7-3(11,6(16,17)18)4(8,12)19-1-2(9,10)5(13,14)15/h1H2. The Bertz CT molecular complexity index is 319. The highest BCUT2D eigenvalue weighted by Crippen LogP contribution is 2.53. The van der Waals surface area contributed by atoms with Gasteiger partial charge in [-0.2, -0.15) is 39.5 Å². The van der Waals surface area contributed by atoms with E-state index < -0.39 is 34.2 Å². The Morgan fingerprint density at radius 2 is 1.05 bits per heavy atom. The first-order valence-electron chi connectivity index (χ1n) is 3.86. The van der Waals surface area contributed by atoms with Crippen LogP contribution in [0.1, 0.15) is 0 Å². The molecule has 0 spiro atoms. The van der Waals surface area contributed by atoms with Gasteiger partial charge in [0, 0.05) is 0 Å². The summed E-state index contributed by atoms with van der Waals surface area (Å²) < 4.78 is 115. The molecule has 0 bridgehead atoms. The molecule has 0 aromatic rings. The molecule has 1 nitrogen and oxygen atoms in total. The summed E-state index contributed by atoms with van der Waals surface area (Å²) in [6.07, 6.45) is -12.2. The first-order valence-corrected chi connectivity index (χ1v) is 5.45. The van der Waals surface area contributed by atoms with Crippen LogP contribution in [0.25, 0.3) is 0 Å². The normalized spacial score (nSPS) is 20.8. The first kappa shape index (κ1) is 19.2. The average Bonchev–Trinajstić information content (AvgIpc) is 2.11. The van der Waals surface area contributed by atoms with Crippen molar-refractivity contribution in [3.05, 3.63) is 0 Å². The molecule has 0 aliphatic carbocycles. The molecule has 0 aromatic carbocycles. The fourth-order valence-electron chi connectivity index (χ4n) is 0.519. The molecule has 2 atom stereocenters. The summed E-state index contributed by atoms with van der Waals surface area (Å²) >= 11 is 2.50. The van der Waals surface area contributed by atoms with Gasteiger partial charge < -0.3 is 4.74 Å². The predicted octanol–water partition coefficient (Wildman–Crippen LogP) is 4.84. The Morgan fingerprint density at radius 1 is 0.684 bits per heavy atom. The van der Waals surface area contributed by atoms with Crippen molar-refractivity contribution in [2.45, 2.75) is 27.6 Å². The largest absolute Gasteiger partial charge is 0.455 e. The van der Waals surface area contributed by atoms with Gasteiger partial charge in [0.05, 0.1) is 0 Å². The Morgan fingerprint density at radius 3 is 1.32 bits per heavy atom. The van der Waals surface area contributed by atoms with Gasteiger partial charge in [-0.3, -0.25) is 0 Å². The maximum atomic E-state index is 13.1. The van der Waals surface area contributed by atoms with E-state index in [1.54, 1.807) is 0 Å². The monoisotopic (exact) mass is 438 g/mol. The third-order valence-corrected chi connectivity index (χ3v) is 3.84.